The lowest BCUT2D eigenvalue weighted by Gasteiger charge is -2.29. The zero-order valence-corrected chi connectivity index (χ0v) is 15.4. The Hall–Kier alpha value is -1.40. The van der Waals surface area contributed by atoms with Crippen LogP contribution in [0.3, 0.4) is 0 Å². The molecule has 2 aliphatic heterocycles. The minimum atomic E-state index is -1.09. The predicted octanol–water partition coefficient (Wildman–Crippen LogP) is 2.86. The Morgan fingerprint density at radius 2 is 1.08 bits per heavy atom. The molecule has 6 heteroatoms. The highest BCUT2D eigenvalue weighted by Gasteiger charge is 2.49. The van der Waals surface area contributed by atoms with Gasteiger partial charge in [0.25, 0.3) is 0 Å². The summed E-state index contributed by atoms with van der Waals surface area (Å²) in [6.45, 7) is 4.24. The maximum Gasteiger partial charge on any atom is 0.332 e. The fraction of sp³-hybridized carbons (Fsp3) is 0.800. The molecule has 0 aromatic heterocycles. The van der Waals surface area contributed by atoms with E-state index in [4.69, 9.17) is 9.47 Å². The van der Waals surface area contributed by atoms with E-state index in [9.17, 15) is 19.8 Å². The lowest BCUT2D eigenvalue weighted by atomic mass is 9.74. The molecule has 0 aromatic carbocycles. The van der Waals surface area contributed by atoms with Crippen molar-refractivity contribution in [3.8, 4) is 0 Å². The maximum atomic E-state index is 11.9. The van der Waals surface area contributed by atoms with Crippen molar-refractivity contribution >= 4 is 11.9 Å². The van der Waals surface area contributed by atoms with Gasteiger partial charge in [-0.25, -0.2) is 9.59 Å². The van der Waals surface area contributed by atoms with Crippen molar-refractivity contribution < 1.29 is 29.3 Å². The summed E-state index contributed by atoms with van der Waals surface area (Å²) in [4.78, 5) is 23.9. The molecule has 4 fully saturated rings. The smallest absolute Gasteiger partial charge is 0.332 e. The number of carbonyl (C=O) groups is 2. The third-order valence-electron chi connectivity index (χ3n) is 7.08. The Balaban J connectivity index is 1.53. The highest BCUT2D eigenvalue weighted by Crippen LogP contribution is 2.47. The second-order valence-electron chi connectivity index (χ2n) is 8.82. The monoisotopic (exact) mass is 364 g/mol. The predicted molar refractivity (Wildman–Crippen MR) is 92.6 cm³/mol. The average Bonchev–Trinajstić information content (AvgIpc) is 3.45. The van der Waals surface area contributed by atoms with Crippen molar-refractivity contribution in [2.75, 3.05) is 0 Å². The molecule has 0 amide bonds. The van der Waals surface area contributed by atoms with Gasteiger partial charge in [-0.05, 0) is 62.2 Å². The van der Waals surface area contributed by atoms with Crippen molar-refractivity contribution in [3.05, 3.63) is 11.1 Å². The Labute approximate surface area is 153 Å². The minimum absolute atomic E-state index is 0.0967. The molecule has 4 rings (SSSR count). The molecule has 0 radical (unpaired) electrons. The third kappa shape index (κ3) is 3.54. The van der Waals surface area contributed by atoms with Crippen molar-refractivity contribution in [2.24, 2.45) is 23.7 Å². The summed E-state index contributed by atoms with van der Waals surface area (Å²) in [5.41, 5.74) is 0.193. The first-order valence-corrected chi connectivity index (χ1v) is 9.83. The normalized spacial score (nSPS) is 44.4. The topological polar surface area (TPSA) is 99.7 Å². The molecule has 2 aliphatic carbocycles. The Morgan fingerprint density at radius 1 is 0.731 bits per heavy atom. The van der Waals surface area contributed by atoms with Crippen LogP contribution in [0.1, 0.15) is 52.4 Å². The first-order valence-electron chi connectivity index (χ1n) is 9.83. The van der Waals surface area contributed by atoms with Crippen LogP contribution >= 0.6 is 0 Å². The van der Waals surface area contributed by atoms with Crippen LogP contribution in [0.2, 0.25) is 0 Å². The molecule has 0 bridgehead atoms. The van der Waals surface area contributed by atoms with Gasteiger partial charge in [-0.15, -0.1) is 0 Å². The number of hydrogen-bond acceptors (Lipinski definition) is 4. The summed E-state index contributed by atoms with van der Waals surface area (Å²) >= 11 is 0. The van der Waals surface area contributed by atoms with Crippen LogP contribution in [0.5, 0.6) is 0 Å². The van der Waals surface area contributed by atoms with Crippen molar-refractivity contribution in [1.82, 2.24) is 0 Å². The van der Waals surface area contributed by atoms with Gasteiger partial charge in [-0.3, -0.25) is 0 Å². The Morgan fingerprint density at radius 3 is 1.42 bits per heavy atom. The minimum Gasteiger partial charge on any atom is -0.478 e. The fourth-order valence-corrected chi connectivity index (χ4v) is 5.14. The molecule has 8 unspecified atom stereocenters. The zero-order valence-electron chi connectivity index (χ0n) is 15.4. The summed E-state index contributed by atoms with van der Waals surface area (Å²) in [5.74, 6) is -1.09. The molecule has 2 saturated carbocycles. The van der Waals surface area contributed by atoms with E-state index in [0.717, 1.165) is 25.7 Å². The molecule has 4 aliphatic rings. The molecule has 144 valence electrons. The van der Waals surface area contributed by atoms with Gasteiger partial charge in [-0.1, -0.05) is 13.8 Å². The number of ether oxygens (including phenoxy) is 2. The average molecular weight is 364 g/mol. The SMILES string of the molecule is CC1CC2OC2CC1CC(C(=O)O)=C(CC1CC2OC2CC1C)C(=O)O. The quantitative estimate of drug-likeness (QED) is 0.555. The number of rotatable bonds is 6. The summed E-state index contributed by atoms with van der Waals surface area (Å²) in [7, 11) is 0. The number of epoxide rings is 2. The van der Waals surface area contributed by atoms with Gasteiger partial charge < -0.3 is 19.7 Å². The number of fused-ring (bicyclic) bond motifs is 2. The van der Waals surface area contributed by atoms with Gasteiger partial charge in [0.2, 0.25) is 0 Å². The molecule has 2 N–H and O–H groups in total. The van der Waals surface area contributed by atoms with Gasteiger partial charge in [0.1, 0.15) is 0 Å². The van der Waals surface area contributed by atoms with Crippen LogP contribution in [0, 0.1) is 23.7 Å². The molecule has 0 aromatic rings. The van der Waals surface area contributed by atoms with Crippen molar-refractivity contribution in [3.63, 3.8) is 0 Å². The summed E-state index contributed by atoms with van der Waals surface area (Å²) in [5, 5.41) is 19.5. The largest absolute Gasteiger partial charge is 0.478 e. The van der Waals surface area contributed by atoms with Gasteiger partial charge in [0, 0.05) is 11.1 Å². The molecular weight excluding hydrogens is 336 g/mol. The molecule has 2 heterocycles. The van der Waals surface area contributed by atoms with E-state index in [1.54, 1.807) is 0 Å². The van der Waals surface area contributed by atoms with Gasteiger partial charge in [-0.2, -0.15) is 0 Å². The van der Waals surface area contributed by atoms with E-state index in [2.05, 4.69) is 13.8 Å². The van der Waals surface area contributed by atoms with Gasteiger partial charge >= 0.3 is 11.9 Å². The number of carboxylic acid groups (broad SMARTS) is 2. The Kier molecular flexibility index (Phi) is 4.59. The molecule has 0 spiro atoms. The standard InChI is InChI=1S/C20H28O6/c1-9-3-15-17(25-15)7-11(9)5-13(19(21)22)14(20(23)24)6-12-8-18-16(26-18)4-10(12)2/h9-12,15-18H,3-8H2,1-2H3,(H,21,22)(H,23,24). The van der Waals surface area contributed by atoms with Crippen LogP contribution in [-0.4, -0.2) is 46.6 Å². The van der Waals surface area contributed by atoms with Crippen LogP contribution in [0.4, 0.5) is 0 Å². The zero-order chi connectivity index (χ0) is 18.6. The highest BCUT2D eigenvalue weighted by molar-refractivity contribution is 5.98. The van der Waals surface area contributed by atoms with E-state index in [-0.39, 0.29) is 35.2 Å². The van der Waals surface area contributed by atoms with Crippen molar-refractivity contribution in [1.29, 1.82) is 0 Å². The fourth-order valence-electron chi connectivity index (χ4n) is 5.14. The van der Waals surface area contributed by atoms with Gasteiger partial charge in [0.05, 0.1) is 24.4 Å². The molecule has 2 saturated heterocycles. The third-order valence-corrected chi connectivity index (χ3v) is 7.08. The molecule has 8 atom stereocenters. The molecule has 6 nitrogen and oxygen atoms in total. The first kappa shape index (κ1) is 18.0. The van der Waals surface area contributed by atoms with E-state index in [1.807, 2.05) is 0 Å². The summed E-state index contributed by atoms with van der Waals surface area (Å²) in [6, 6.07) is 0. The summed E-state index contributed by atoms with van der Waals surface area (Å²) in [6.07, 6.45) is 5.42. The first-order chi connectivity index (χ1) is 12.3. The van der Waals surface area contributed by atoms with Crippen LogP contribution in [0.25, 0.3) is 0 Å². The molecular formula is C20H28O6. The van der Waals surface area contributed by atoms with Crippen LogP contribution in [-0.2, 0) is 19.1 Å². The van der Waals surface area contributed by atoms with Gasteiger partial charge in [0.15, 0.2) is 0 Å². The van der Waals surface area contributed by atoms with Crippen LogP contribution < -0.4 is 0 Å². The highest BCUT2D eigenvalue weighted by atomic mass is 16.6. The van der Waals surface area contributed by atoms with E-state index in [1.165, 1.54) is 0 Å². The van der Waals surface area contributed by atoms with E-state index < -0.39 is 11.9 Å². The lowest BCUT2D eigenvalue weighted by Crippen LogP contribution is -2.27. The lowest BCUT2D eigenvalue weighted by molar-refractivity contribution is -0.136. The number of carboxylic acids is 2. The van der Waals surface area contributed by atoms with E-state index >= 15 is 0 Å². The second-order valence-corrected chi connectivity index (χ2v) is 8.82. The molecule has 26 heavy (non-hydrogen) atoms. The number of hydrogen-bond donors (Lipinski definition) is 2. The second kappa shape index (κ2) is 6.64. The number of aliphatic carboxylic acids is 2. The summed E-state index contributed by atoms with van der Waals surface area (Å²) < 4.78 is 11.2. The Bertz CT molecular complexity index is 586. The van der Waals surface area contributed by atoms with E-state index in [0.29, 0.717) is 36.9 Å². The van der Waals surface area contributed by atoms with Crippen molar-refractivity contribution in [2.45, 2.75) is 76.8 Å². The van der Waals surface area contributed by atoms with Crippen LogP contribution in [0.15, 0.2) is 11.1 Å². The maximum absolute atomic E-state index is 11.9.